The van der Waals surface area contributed by atoms with Gasteiger partial charge in [0.05, 0.1) is 11.2 Å². The maximum Gasteiger partial charge on any atom is 0.405 e. The molecule has 0 saturated carbocycles. The van der Waals surface area contributed by atoms with Gasteiger partial charge in [0.25, 0.3) is 5.91 Å². The van der Waals surface area contributed by atoms with Crippen LogP contribution in [0, 0.1) is 12.7 Å². The number of carbonyl (C=O) groups is 1. The van der Waals surface area contributed by atoms with Crippen LogP contribution in [0.4, 0.5) is 34.8 Å². The second-order valence-electron chi connectivity index (χ2n) is 8.62. The minimum atomic E-state index is -4.58. The van der Waals surface area contributed by atoms with Crippen molar-refractivity contribution < 1.29 is 31.3 Å². The summed E-state index contributed by atoms with van der Waals surface area (Å²) >= 11 is 0. The van der Waals surface area contributed by atoms with Gasteiger partial charge in [-0.05, 0) is 62.4 Å². The zero-order chi connectivity index (χ0) is 27.5. The number of ether oxygens (including phenoxy) is 1. The number of hydrogen-bond donors (Lipinski definition) is 3. The highest BCUT2D eigenvalue weighted by Crippen LogP contribution is 2.33. The molecule has 0 aliphatic heterocycles. The molecule has 0 fully saturated rings. The fourth-order valence-corrected chi connectivity index (χ4v) is 4.04. The molecule has 200 valence electrons. The van der Waals surface area contributed by atoms with Gasteiger partial charge in [-0.1, -0.05) is 0 Å². The van der Waals surface area contributed by atoms with E-state index in [9.17, 15) is 26.6 Å². The number of aromatic nitrogens is 2. The first kappa shape index (κ1) is 28.0. The number of amides is 1. The van der Waals surface area contributed by atoms with Crippen LogP contribution in [0.2, 0.25) is 0 Å². The molecule has 37 heavy (non-hydrogen) atoms. The molecule has 3 aromatic rings. The number of nitrogens with one attached hydrogen (secondary N) is 3. The van der Waals surface area contributed by atoms with Gasteiger partial charge in [-0.25, -0.2) is 18.6 Å². The highest BCUT2D eigenvalue weighted by Gasteiger charge is 2.29. The summed E-state index contributed by atoms with van der Waals surface area (Å²) in [7, 11) is -2.43. The molecule has 0 saturated heterocycles. The Morgan fingerprint density at radius 1 is 1.16 bits per heavy atom. The molecule has 0 aliphatic rings. The Hall–Kier alpha value is -3.61. The normalized spacial score (nSPS) is 14.0. The molecular weight excluding hydrogens is 514 g/mol. The summed E-state index contributed by atoms with van der Waals surface area (Å²) in [6.07, 6.45) is -3.00. The predicted molar refractivity (Wildman–Crippen MR) is 137 cm³/mol. The Kier molecular flexibility index (Phi) is 8.16. The number of halogens is 4. The molecule has 2 aromatic carbocycles. The minimum Gasteiger partial charge on any atom is -0.479 e. The number of aryl methyl sites for hydroxylation is 1. The molecule has 1 aromatic heterocycles. The third kappa shape index (κ3) is 7.21. The van der Waals surface area contributed by atoms with Crippen LogP contribution < -0.4 is 20.1 Å². The fraction of sp³-hybridized carbons (Fsp3) is 0.333. The van der Waals surface area contributed by atoms with E-state index in [1.165, 1.54) is 19.3 Å². The molecule has 2 atom stereocenters. The van der Waals surface area contributed by atoms with Gasteiger partial charge < -0.3 is 20.1 Å². The lowest BCUT2D eigenvalue weighted by molar-refractivity contribution is -0.142. The van der Waals surface area contributed by atoms with Gasteiger partial charge in [0.15, 0.2) is 6.10 Å². The second-order valence-corrected chi connectivity index (χ2v) is 11.3. The summed E-state index contributed by atoms with van der Waals surface area (Å²) < 4.78 is 72.5. The molecule has 0 bridgehead atoms. The van der Waals surface area contributed by atoms with Gasteiger partial charge >= 0.3 is 6.18 Å². The van der Waals surface area contributed by atoms with Crippen LogP contribution >= 0.6 is 0 Å². The Balaban J connectivity index is 1.92. The number of fused-ring (bicyclic) bond motifs is 1. The van der Waals surface area contributed by atoms with Crippen LogP contribution in [0.25, 0.3) is 10.9 Å². The SMILES string of the molecule is CC(C)=S(C)(=O)Nc1cc(C)c2c(Nc3ccc(F)cc3O[C@H](C)C(=O)NCC(F)(F)F)ncnc2c1. The van der Waals surface area contributed by atoms with Crippen molar-refractivity contribution in [3.8, 4) is 5.75 Å². The van der Waals surface area contributed by atoms with Crippen molar-refractivity contribution in [3.63, 3.8) is 0 Å². The van der Waals surface area contributed by atoms with Gasteiger partial charge in [0, 0.05) is 33.1 Å². The van der Waals surface area contributed by atoms with Crippen molar-refractivity contribution in [1.82, 2.24) is 15.3 Å². The molecule has 3 rings (SSSR count). The van der Waals surface area contributed by atoms with Crippen molar-refractivity contribution in [2.45, 2.75) is 40.0 Å². The topological polar surface area (TPSA) is 105 Å². The summed E-state index contributed by atoms with van der Waals surface area (Å²) in [6.45, 7) is 5.10. The largest absolute Gasteiger partial charge is 0.479 e. The van der Waals surface area contributed by atoms with E-state index in [1.807, 2.05) is 6.92 Å². The Morgan fingerprint density at radius 3 is 2.51 bits per heavy atom. The van der Waals surface area contributed by atoms with Crippen molar-refractivity contribution in [2.24, 2.45) is 0 Å². The summed E-state index contributed by atoms with van der Waals surface area (Å²) in [4.78, 5) is 21.4. The standard InChI is InChI=1S/C24H27F4N5O3S/c1-13(2)37(5,35)33-17-8-14(3)21-19(10-17)30-12-31-22(21)32-18-7-6-16(25)9-20(18)36-15(4)23(34)29-11-24(26,27)28/h6-10,12,15H,11H2,1-5H3,(H,29,34)(H,33,35)(H,30,31,32)/t15-,37?/m1/s1. The maximum atomic E-state index is 14.0. The molecule has 0 radical (unpaired) electrons. The molecule has 3 N–H and O–H groups in total. The van der Waals surface area contributed by atoms with Crippen LogP contribution in [0.5, 0.6) is 5.75 Å². The van der Waals surface area contributed by atoms with Crippen LogP contribution in [-0.4, -0.2) is 50.0 Å². The summed E-state index contributed by atoms with van der Waals surface area (Å²) in [5.41, 5.74) is 2.11. The third-order valence-electron chi connectivity index (χ3n) is 5.36. The average molecular weight is 542 g/mol. The summed E-state index contributed by atoms with van der Waals surface area (Å²) in [5, 5.41) is 5.39. The smallest absolute Gasteiger partial charge is 0.405 e. The Morgan fingerprint density at radius 2 is 1.86 bits per heavy atom. The average Bonchev–Trinajstić information content (AvgIpc) is 2.78. The van der Waals surface area contributed by atoms with E-state index in [0.717, 1.165) is 22.6 Å². The van der Waals surface area contributed by atoms with Crippen molar-refractivity contribution in [2.75, 3.05) is 22.8 Å². The lowest BCUT2D eigenvalue weighted by Gasteiger charge is -2.19. The predicted octanol–water partition coefficient (Wildman–Crippen LogP) is 4.72. The van der Waals surface area contributed by atoms with Gasteiger partial charge in [0.1, 0.15) is 30.3 Å². The molecule has 1 heterocycles. The molecule has 0 spiro atoms. The van der Waals surface area contributed by atoms with E-state index in [2.05, 4.69) is 20.0 Å². The number of nitrogens with zero attached hydrogens (tertiary/aromatic N) is 2. The van der Waals surface area contributed by atoms with Crippen LogP contribution in [0.15, 0.2) is 36.7 Å². The van der Waals surface area contributed by atoms with Gasteiger partial charge in [0.2, 0.25) is 0 Å². The van der Waals surface area contributed by atoms with Crippen molar-refractivity contribution >= 4 is 48.6 Å². The lowest BCUT2D eigenvalue weighted by Crippen LogP contribution is -2.41. The number of carbonyl (C=O) groups excluding carboxylic acids is 1. The van der Waals surface area contributed by atoms with E-state index in [4.69, 9.17) is 4.74 Å². The fourth-order valence-electron chi connectivity index (χ4n) is 3.27. The molecule has 1 amide bonds. The molecule has 1 unspecified atom stereocenters. The van der Waals surface area contributed by atoms with Crippen LogP contribution in [-0.2, 0) is 14.5 Å². The highest BCUT2D eigenvalue weighted by molar-refractivity contribution is 8.02. The molecule has 0 aliphatic carbocycles. The number of rotatable bonds is 8. The maximum absolute atomic E-state index is 14.0. The number of anilines is 3. The zero-order valence-corrected chi connectivity index (χ0v) is 21.6. The molecule has 13 heteroatoms. The Bertz CT molecular complexity index is 1450. The van der Waals surface area contributed by atoms with E-state index in [0.29, 0.717) is 22.4 Å². The highest BCUT2D eigenvalue weighted by atomic mass is 32.2. The number of alkyl halides is 3. The lowest BCUT2D eigenvalue weighted by atomic mass is 10.1. The first-order valence-electron chi connectivity index (χ1n) is 11.1. The molecule has 8 nitrogen and oxygen atoms in total. The molecular formula is C24H27F4N5O3S. The van der Waals surface area contributed by atoms with Gasteiger partial charge in [-0.15, -0.1) is 0 Å². The van der Waals surface area contributed by atoms with Gasteiger partial charge in [-0.3, -0.25) is 4.79 Å². The van der Waals surface area contributed by atoms with E-state index >= 15 is 0 Å². The number of hydrogen-bond acceptors (Lipinski definition) is 6. The second kappa shape index (κ2) is 10.8. The first-order valence-corrected chi connectivity index (χ1v) is 13.0. The van der Waals surface area contributed by atoms with E-state index in [-0.39, 0.29) is 11.4 Å². The minimum absolute atomic E-state index is 0.1000. The van der Waals surface area contributed by atoms with E-state index in [1.54, 1.807) is 37.6 Å². The summed E-state index contributed by atoms with van der Waals surface area (Å²) in [6, 6.07) is 7.03. The van der Waals surface area contributed by atoms with Crippen molar-refractivity contribution in [3.05, 3.63) is 48.0 Å². The van der Waals surface area contributed by atoms with Crippen LogP contribution in [0.1, 0.15) is 26.3 Å². The van der Waals surface area contributed by atoms with Crippen LogP contribution in [0.3, 0.4) is 0 Å². The monoisotopic (exact) mass is 541 g/mol. The first-order chi connectivity index (χ1) is 17.2. The quantitative estimate of drug-likeness (QED) is 0.282. The third-order valence-corrected chi connectivity index (χ3v) is 7.54. The van der Waals surface area contributed by atoms with E-state index < -0.39 is 40.3 Å². The zero-order valence-electron chi connectivity index (χ0n) is 20.8. The summed E-state index contributed by atoms with van der Waals surface area (Å²) in [5.74, 6) is -1.44. The van der Waals surface area contributed by atoms with Crippen molar-refractivity contribution in [1.29, 1.82) is 0 Å². The number of benzene rings is 2. The Labute approximate surface area is 212 Å². The van der Waals surface area contributed by atoms with Gasteiger partial charge in [-0.2, -0.15) is 13.2 Å².